The van der Waals surface area contributed by atoms with Gasteiger partial charge in [-0.3, -0.25) is 4.79 Å². The van der Waals surface area contributed by atoms with Crippen molar-refractivity contribution in [3.05, 3.63) is 22.3 Å². The van der Waals surface area contributed by atoms with Crippen molar-refractivity contribution in [1.82, 2.24) is 4.98 Å². The van der Waals surface area contributed by atoms with Crippen LogP contribution >= 0.6 is 15.9 Å². The predicted octanol–water partition coefficient (Wildman–Crippen LogP) is 2.75. The van der Waals surface area contributed by atoms with E-state index < -0.39 is 11.5 Å². The molecule has 1 heterocycles. The van der Waals surface area contributed by atoms with Crippen LogP contribution in [0.3, 0.4) is 0 Å². The molecule has 0 saturated heterocycles. The third-order valence-electron chi connectivity index (χ3n) is 3.62. The van der Waals surface area contributed by atoms with Crippen LogP contribution in [0, 0.1) is 0 Å². The molecular weight excluding hydrogens is 336 g/mol. The molecule has 0 aliphatic rings. The van der Waals surface area contributed by atoms with Crippen molar-refractivity contribution in [3.8, 4) is 5.88 Å². The first-order valence-corrected chi connectivity index (χ1v) is 7.92. The number of nitrogens with two attached hydrogens (primary N) is 1. The lowest BCUT2D eigenvalue weighted by Crippen LogP contribution is -2.48. The minimum absolute atomic E-state index is 0.329. The number of halogens is 1. The van der Waals surface area contributed by atoms with E-state index in [1.54, 1.807) is 12.1 Å². The number of amides is 1. The van der Waals surface area contributed by atoms with Gasteiger partial charge in [-0.25, -0.2) is 4.98 Å². The zero-order chi connectivity index (χ0) is 16.0. The molecule has 0 aliphatic carbocycles. The molecule has 1 amide bonds. The lowest BCUT2D eigenvalue weighted by Gasteiger charge is -2.34. The molecule has 0 aromatic carbocycles. The van der Waals surface area contributed by atoms with Gasteiger partial charge < -0.3 is 15.6 Å². The number of methoxy groups -OCH3 is 1. The maximum Gasteiger partial charge on any atom is 0.250 e. The van der Waals surface area contributed by atoms with Crippen LogP contribution in [0.1, 0.15) is 51.0 Å². The van der Waals surface area contributed by atoms with Crippen molar-refractivity contribution in [2.75, 3.05) is 7.11 Å². The van der Waals surface area contributed by atoms with Gasteiger partial charge in [0, 0.05) is 12.0 Å². The number of hydrogen-bond donors (Lipinski definition) is 2. The molecule has 1 aromatic rings. The summed E-state index contributed by atoms with van der Waals surface area (Å²) < 4.78 is 5.76. The Morgan fingerprint density at radius 3 is 2.62 bits per heavy atom. The Hall–Kier alpha value is -1.14. The minimum Gasteiger partial charge on any atom is -0.481 e. The molecule has 0 radical (unpaired) electrons. The summed E-state index contributed by atoms with van der Waals surface area (Å²) in [5, 5.41) is 10.8. The number of carbonyl (C=O) groups is 1. The maximum absolute atomic E-state index is 11.9. The van der Waals surface area contributed by atoms with Gasteiger partial charge >= 0.3 is 0 Å². The summed E-state index contributed by atoms with van der Waals surface area (Å²) in [6, 6.07) is 3.54. The van der Waals surface area contributed by atoms with E-state index >= 15 is 0 Å². The van der Waals surface area contributed by atoms with Gasteiger partial charge in [0.25, 0.3) is 0 Å². The normalized spacial score (nSPS) is 15.3. The average molecular weight is 359 g/mol. The van der Waals surface area contributed by atoms with Gasteiger partial charge in [0.05, 0.1) is 7.11 Å². The number of hydrogen-bond acceptors (Lipinski definition) is 4. The van der Waals surface area contributed by atoms with Crippen LogP contribution in [0.2, 0.25) is 0 Å². The molecule has 1 rings (SSSR count). The highest BCUT2D eigenvalue weighted by Crippen LogP contribution is 2.37. The second-order valence-corrected chi connectivity index (χ2v) is 5.96. The largest absolute Gasteiger partial charge is 0.481 e. The molecule has 21 heavy (non-hydrogen) atoms. The summed E-state index contributed by atoms with van der Waals surface area (Å²) in [7, 11) is 1.53. The Bertz CT molecular complexity index is 496. The molecule has 0 bridgehead atoms. The van der Waals surface area contributed by atoms with Crippen LogP contribution in [0.15, 0.2) is 16.7 Å². The number of rotatable bonds is 8. The SMILES string of the molecule is CCCC(c1cc(Br)nc(OC)c1)C(O)(CCC)C(N)=O. The topological polar surface area (TPSA) is 85.4 Å². The number of aliphatic hydroxyl groups is 1. The van der Waals surface area contributed by atoms with Gasteiger partial charge in [0.1, 0.15) is 10.2 Å². The predicted molar refractivity (Wildman–Crippen MR) is 85.2 cm³/mol. The second-order valence-electron chi connectivity index (χ2n) is 5.15. The smallest absolute Gasteiger partial charge is 0.250 e. The van der Waals surface area contributed by atoms with Crippen molar-refractivity contribution in [3.63, 3.8) is 0 Å². The van der Waals surface area contributed by atoms with Crippen LogP contribution in [-0.2, 0) is 4.79 Å². The Morgan fingerprint density at radius 2 is 2.14 bits per heavy atom. The van der Waals surface area contributed by atoms with Crippen molar-refractivity contribution in [1.29, 1.82) is 0 Å². The van der Waals surface area contributed by atoms with E-state index in [9.17, 15) is 9.90 Å². The Kier molecular flexibility index (Phi) is 6.61. The molecule has 0 spiro atoms. The van der Waals surface area contributed by atoms with Gasteiger partial charge in [0.15, 0.2) is 0 Å². The number of pyridine rings is 1. The van der Waals surface area contributed by atoms with Crippen LogP contribution in [0.4, 0.5) is 0 Å². The summed E-state index contributed by atoms with van der Waals surface area (Å²) in [5.74, 6) is -0.633. The van der Waals surface area contributed by atoms with Crippen molar-refractivity contribution < 1.29 is 14.6 Å². The van der Waals surface area contributed by atoms with E-state index in [0.717, 1.165) is 12.0 Å². The van der Waals surface area contributed by atoms with Gasteiger partial charge in [-0.15, -0.1) is 0 Å². The Balaban J connectivity index is 3.33. The van der Waals surface area contributed by atoms with Gasteiger partial charge in [-0.2, -0.15) is 0 Å². The van der Waals surface area contributed by atoms with Gasteiger partial charge in [-0.05, 0) is 40.4 Å². The van der Waals surface area contributed by atoms with Crippen LogP contribution in [0.5, 0.6) is 5.88 Å². The molecule has 5 nitrogen and oxygen atoms in total. The molecule has 0 fully saturated rings. The van der Waals surface area contributed by atoms with E-state index in [4.69, 9.17) is 10.5 Å². The quantitative estimate of drug-likeness (QED) is 0.699. The van der Waals surface area contributed by atoms with Crippen molar-refractivity contribution >= 4 is 21.8 Å². The van der Waals surface area contributed by atoms with Crippen LogP contribution in [0.25, 0.3) is 0 Å². The zero-order valence-electron chi connectivity index (χ0n) is 12.7. The fourth-order valence-electron chi connectivity index (χ4n) is 2.62. The number of ether oxygens (including phenoxy) is 1. The number of nitrogens with zero attached hydrogens (tertiary/aromatic N) is 1. The molecule has 3 N–H and O–H groups in total. The highest BCUT2D eigenvalue weighted by molar-refractivity contribution is 9.10. The fourth-order valence-corrected chi connectivity index (χ4v) is 3.06. The summed E-state index contributed by atoms with van der Waals surface area (Å²) in [6.45, 7) is 3.92. The number of aromatic nitrogens is 1. The third kappa shape index (κ3) is 4.17. The lowest BCUT2D eigenvalue weighted by atomic mass is 9.76. The Morgan fingerprint density at radius 1 is 1.48 bits per heavy atom. The number of primary amides is 1. The molecule has 0 aliphatic heterocycles. The van der Waals surface area contributed by atoms with Crippen molar-refractivity contribution in [2.24, 2.45) is 5.73 Å². The molecule has 6 heteroatoms. The van der Waals surface area contributed by atoms with E-state index in [1.165, 1.54) is 7.11 Å². The zero-order valence-corrected chi connectivity index (χ0v) is 14.3. The molecular formula is C15H23BrN2O3. The number of carbonyl (C=O) groups excluding carboxylic acids is 1. The van der Waals surface area contributed by atoms with Crippen molar-refractivity contribution in [2.45, 2.75) is 51.0 Å². The summed E-state index contributed by atoms with van der Waals surface area (Å²) in [6.07, 6.45) is 2.48. The maximum atomic E-state index is 11.9. The lowest BCUT2D eigenvalue weighted by molar-refractivity contribution is -0.140. The summed E-state index contributed by atoms with van der Waals surface area (Å²) in [4.78, 5) is 16.0. The highest BCUT2D eigenvalue weighted by Gasteiger charge is 2.42. The second kappa shape index (κ2) is 7.75. The summed E-state index contributed by atoms with van der Waals surface area (Å²) >= 11 is 3.33. The average Bonchev–Trinajstić information content (AvgIpc) is 2.43. The van der Waals surface area contributed by atoms with E-state index in [-0.39, 0.29) is 5.92 Å². The highest BCUT2D eigenvalue weighted by atomic mass is 79.9. The molecule has 0 saturated carbocycles. The van der Waals surface area contributed by atoms with Crippen LogP contribution < -0.4 is 10.5 Å². The monoisotopic (exact) mass is 358 g/mol. The summed E-state index contributed by atoms with van der Waals surface area (Å²) in [5.41, 5.74) is 4.72. The Labute approximate surface area is 134 Å². The van der Waals surface area contributed by atoms with E-state index in [1.807, 2.05) is 13.8 Å². The van der Waals surface area contributed by atoms with Gasteiger partial charge in [0.2, 0.25) is 11.8 Å². The fraction of sp³-hybridized carbons (Fsp3) is 0.600. The molecule has 2 unspecified atom stereocenters. The molecule has 2 atom stereocenters. The van der Waals surface area contributed by atoms with E-state index in [0.29, 0.717) is 29.7 Å². The molecule has 118 valence electrons. The molecule has 1 aromatic heterocycles. The first-order chi connectivity index (χ1) is 9.88. The van der Waals surface area contributed by atoms with Gasteiger partial charge in [-0.1, -0.05) is 26.7 Å². The standard InChI is InChI=1S/C15H23BrN2O3/c1-4-6-11(15(20,7-5-2)14(17)19)10-8-12(16)18-13(9-10)21-3/h8-9,11,20H,4-7H2,1-3H3,(H2,17,19). The minimum atomic E-state index is -1.56. The first-order valence-electron chi connectivity index (χ1n) is 7.12. The van der Waals surface area contributed by atoms with Crippen LogP contribution in [-0.4, -0.2) is 28.7 Å². The first kappa shape index (κ1) is 17.9. The van der Waals surface area contributed by atoms with E-state index in [2.05, 4.69) is 20.9 Å². The third-order valence-corrected chi connectivity index (χ3v) is 4.02.